The molecule has 1 fully saturated rings. The van der Waals surface area contributed by atoms with E-state index in [0.29, 0.717) is 25.7 Å². The van der Waals surface area contributed by atoms with Gasteiger partial charge in [0.1, 0.15) is 5.60 Å². The van der Waals surface area contributed by atoms with E-state index in [4.69, 9.17) is 9.47 Å². The van der Waals surface area contributed by atoms with Gasteiger partial charge in [-0.15, -0.1) is 0 Å². The highest BCUT2D eigenvalue weighted by molar-refractivity contribution is 5.75. The van der Waals surface area contributed by atoms with Crippen LogP contribution in [0.15, 0.2) is 24.3 Å². The molecule has 0 saturated carbocycles. The average Bonchev–Trinajstić information content (AvgIpc) is 3.21. The molecule has 1 unspecified atom stereocenters. The Kier molecular flexibility index (Phi) is 9.35. The van der Waals surface area contributed by atoms with E-state index >= 15 is 0 Å². The van der Waals surface area contributed by atoms with Crippen LogP contribution in [-0.4, -0.2) is 29.3 Å². The lowest BCUT2D eigenvalue weighted by Crippen LogP contribution is -2.31. The number of ether oxygens (including phenoxy) is 2. The summed E-state index contributed by atoms with van der Waals surface area (Å²) in [6.45, 7) is 8.43. The quantitative estimate of drug-likeness (QED) is 0.466. The van der Waals surface area contributed by atoms with Crippen LogP contribution in [0.1, 0.15) is 89.9 Å². The number of esters is 1. The third-order valence-electron chi connectivity index (χ3n) is 5.63. The summed E-state index contributed by atoms with van der Waals surface area (Å²) >= 11 is 0. The van der Waals surface area contributed by atoms with Crippen molar-refractivity contribution >= 4 is 11.9 Å². The zero-order valence-electron chi connectivity index (χ0n) is 19.0. The fraction of sp³-hybridized carbons (Fsp3) is 0.680. The molecule has 168 valence electrons. The molecular weight excluding hydrogens is 380 g/mol. The molecule has 0 radical (unpaired) electrons. The highest BCUT2D eigenvalue weighted by Gasteiger charge is 2.30. The summed E-state index contributed by atoms with van der Waals surface area (Å²) in [6, 6.07) is 8.31. The Labute approximate surface area is 181 Å². The van der Waals surface area contributed by atoms with Gasteiger partial charge >= 0.3 is 11.9 Å². The summed E-state index contributed by atoms with van der Waals surface area (Å²) in [5.74, 6) is -2.04. The van der Waals surface area contributed by atoms with E-state index in [0.717, 1.165) is 37.9 Å². The predicted octanol–water partition coefficient (Wildman–Crippen LogP) is 5.71. The Morgan fingerprint density at radius 2 is 1.87 bits per heavy atom. The van der Waals surface area contributed by atoms with Crippen molar-refractivity contribution < 1.29 is 24.2 Å². The lowest BCUT2D eigenvalue weighted by molar-refractivity contribution is -0.161. The molecule has 0 amide bonds. The molecule has 1 aromatic carbocycles. The molecule has 1 heterocycles. The lowest BCUT2D eigenvalue weighted by Gasteiger charge is -2.25. The molecule has 1 aromatic rings. The van der Waals surface area contributed by atoms with Crippen molar-refractivity contribution in [3.8, 4) is 0 Å². The minimum atomic E-state index is -0.837. The number of aliphatic carboxylic acids is 1. The van der Waals surface area contributed by atoms with Gasteiger partial charge < -0.3 is 14.6 Å². The van der Waals surface area contributed by atoms with Crippen LogP contribution in [-0.2, 0) is 25.5 Å². The molecule has 30 heavy (non-hydrogen) atoms. The van der Waals surface area contributed by atoms with Crippen LogP contribution >= 0.6 is 0 Å². The van der Waals surface area contributed by atoms with Gasteiger partial charge in [0.15, 0.2) is 0 Å². The zero-order valence-corrected chi connectivity index (χ0v) is 19.0. The fourth-order valence-electron chi connectivity index (χ4n) is 3.93. The monoisotopic (exact) mass is 418 g/mol. The van der Waals surface area contributed by atoms with Crippen LogP contribution < -0.4 is 0 Å². The number of carboxylic acids is 1. The van der Waals surface area contributed by atoms with Crippen LogP contribution in [0.2, 0.25) is 0 Å². The van der Waals surface area contributed by atoms with Crippen molar-refractivity contribution in [2.24, 2.45) is 11.8 Å². The van der Waals surface area contributed by atoms with Gasteiger partial charge in [-0.25, -0.2) is 0 Å². The second-order valence-electron chi connectivity index (χ2n) is 9.43. The largest absolute Gasteiger partial charge is 0.481 e. The van der Waals surface area contributed by atoms with Gasteiger partial charge in [0.05, 0.1) is 17.9 Å². The van der Waals surface area contributed by atoms with Gasteiger partial charge in [-0.1, -0.05) is 44.0 Å². The molecule has 5 heteroatoms. The third-order valence-corrected chi connectivity index (χ3v) is 5.63. The number of aryl methyl sites for hydroxylation is 1. The van der Waals surface area contributed by atoms with E-state index in [1.54, 1.807) is 0 Å². The number of carboxylic acid groups (broad SMARTS) is 1. The summed E-state index contributed by atoms with van der Waals surface area (Å²) in [5.41, 5.74) is 1.74. The fourth-order valence-corrected chi connectivity index (χ4v) is 3.93. The standard InChI is InChI=1S/C25H38O5/c1-5-6-8-21(24(28)30-25(2,3)4)17-20(23(26)27)15-12-18-10-13-19(14-11-18)22-9-7-16-29-22/h10-11,13-14,20-22H,5-9,12,15-17H2,1-4H3,(H,26,27)/t20-,21+,22?/m1/s1. The molecule has 0 aromatic heterocycles. The summed E-state index contributed by atoms with van der Waals surface area (Å²) in [4.78, 5) is 24.5. The van der Waals surface area contributed by atoms with Crippen molar-refractivity contribution in [3.63, 3.8) is 0 Å². The van der Waals surface area contributed by atoms with Crippen LogP contribution in [0.3, 0.4) is 0 Å². The van der Waals surface area contributed by atoms with E-state index < -0.39 is 17.5 Å². The number of carbonyl (C=O) groups excluding carboxylic acids is 1. The second kappa shape index (κ2) is 11.5. The number of carbonyl (C=O) groups is 2. The molecule has 1 N–H and O–H groups in total. The van der Waals surface area contributed by atoms with Gasteiger partial charge in [-0.05, 0) is 70.4 Å². The first-order valence-electron chi connectivity index (χ1n) is 11.4. The Morgan fingerprint density at radius 1 is 1.17 bits per heavy atom. The summed E-state index contributed by atoms with van der Waals surface area (Å²) in [5, 5.41) is 9.76. The van der Waals surface area contributed by atoms with Gasteiger partial charge in [0.2, 0.25) is 0 Å². The van der Waals surface area contributed by atoms with E-state index in [1.165, 1.54) is 5.56 Å². The Balaban J connectivity index is 1.97. The first kappa shape index (κ1) is 24.4. The third kappa shape index (κ3) is 8.10. The van der Waals surface area contributed by atoms with E-state index in [2.05, 4.69) is 31.2 Å². The number of rotatable bonds is 11. The van der Waals surface area contributed by atoms with Gasteiger partial charge in [-0.3, -0.25) is 9.59 Å². The Bertz CT molecular complexity index is 668. The molecule has 1 saturated heterocycles. The molecule has 5 nitrogen and oxygen atoms in total. The molecule has 0 bridgehead atoms. The first-order valence-corrected chi connectivity index (χ1v) is 11.4. The van der Waals surface area contributed by atoms with Crippen molar-refractivity contribution in [1.29, 1.82) is 0 Å². The van der Waals surface area contributed by atoms with Crippen molar-refractivity contribution in [1.82, 2.24) is 0 Å². The molecule has 3 atom stereocenters. The highest BCUT2D eigenvalue weighted by Crippen LogP contribution is 2.29. The van der Waals surface area contributed by atoms with Crippen LogP contribution in [0.25, 0.3) is 0 Å². The molecule has 0 spiro atoms. The summed E-state index contributed by atoms with van der Waals surface area (Å²) in [7, 11) is 0. The molecule has 1 aliphatic heterocycles. The van der Waals surface area contributed by atoms with E-state index in [-0.39, 0.29) is 18.0 Å². The summed E-state index contributed by atoms with van der Waals surface area (Å²) in [6.07, 6.45) is 6.41. The molecular formula is C25H38O5. The minimum absolute atomic E-state index is 0.193. The zero-order chi connectivity index (χ0) is 22.1. The van der Waals surface area contributed by atoms with Gasteiger partial charge in [-0.2, -0.15) is 0 Å². The smallest absolute Gasteiger partial charge is 0.309 e. The highest BCUT2D eigenvalue weighted by atomic mass is 16.6. The SMILES string of the molecule is CCCC[C@@H](C[C@@H](CCc1ccc(C2CCCO2)cc1)C(=O)O)C(=O)OC(C)(C)C. The van der Waals surface area contributed by atoms with Crippen molar-refractivity contribution in [2.75, 3.05) is 6.61 Å². The molecule has 1 aliphatic rings. The number of hydrogen-bond donors (Lipinski definition) is 1. The average molecular weight is 419 g/mol. The maximum atomic E-state index is 12.6. The second-order valence-corrected chi connectivity index (χ2v) is 9.43. The number of benzene rings is 1. The van der Waals surface area contributed by atoms with Crippen molar-refractivity contribution in [2.45, 2.75) is 90.8 Å². The van der Waals surface area contributed by atoms with Gasteiger partial charge in [0, 0.05) is 6.61 Å². The van der Waals surface area contributed by atoms with Gasteiger partial charge in [0.25, 0.3) is 0 Å². The Morgan fingerprint density at radius 3 is 2.40 bits per heavy atom. The Hall–Kier alpha value is -1.88. The normalized spacial score (nSPS) is 18.7. The summed E-state index contributed by atoms with van der Waals surface area (Å²) < 4.78 is 11.3. The lowest BCUT2D eigenvalue weighted by atomic mass is 9.87. The maximum Gasteiger partial charge on any atom is 0.309 e. The topological polar surface area (TPSA) is 72.8 Å². The molecule has 2 rings (SSSR count). The molecule has 0 aliphatic carbocycles. The number of hydrogen-bond acceptors (Lipinski definition) is 4. The van der Waals surface area contributed by atoms with E-state index in [1.807, 2.05) is 20.8 Å². The van der Waals surface area contributed by atoms with Crippen molar-refractivity contribution in [3.05, 3.63) is 35.4 Å². The van der Waals surface area contributed by atoms with Crippen LogP contribution in [0.5, 0.6) is 0 Å². The minimum Gasteiger partial charge on any atom is -0.481 e. The van der Waals surface area contributed by atoms with Crippen LogP contribution in [0, 0.1) is 11.8 Å². The van der Waals surface area contributed by atoms with E-state index in [9.17, 15) is 14.7 Å². The van der Waals surface area contributed by atoms with Crippen LogP contribution in [0.4, 0.5) is 0 Å². The first-order chi connectivity index (χ1) is 14.2. The number of unbranched alkanes of at least 4 members (excludes halogenated alkanes) is 1. The maximum absolute atomic E-state index is 12.6. The predicted molar refractivity (Wildman–Crippen MR) is 117 cm³/mol.